The molecule has 7 heteroatoms. The van der Waals surface area contributed by atoms with E-state index in [9.17, 15) is 8.42 Å². The van der Waals surface area contributed by atoms with Crippen LogP contribution in [0.2, 0.25) is 5.02 Å². The molecule has 0 unspecified atom stereocenters. The molecule has 2 aromatic rings. The maximum Gasteiger partial charge on any atom is 0.212 e. The van der Waals surface area contributed by atoms with E-state index >= 15 is 0 Å². The van der Waals surface area contributed by atoms with Crippen molar-refractivity contribution in [3.63, 3.8) is 0 Å². The van der Waals surface area contributed by atoms with Crippen molar-refractivity contribution >= 4 is 21.4 Å². The number of rotatable bonds is 2. The van der Waals surface area contributed by atoms with Gasteiger partial charge in [-0.1, -0.05) is 23.7 Å². The van der Waals surface area contributed by atoms with Gasteiger partial charge in [0.1, 0.15) is 4.90 Å². The standard InChI is InChI=1S/C12H12ClN3O2S/c1-7-11-10(16(15-7)6-5-14)8-3-2-4-9(13)12(8)19(11,17)18/h2-4H,5-6,14H2,1H3. The van der Waals surface area contributed by atoms with Gasteiger partial charge < -0.3 is 5.73 Å². The van der Waals surface area contributed by atoms with Crippen LogP contribution in [0.4, 0.5) is 0 Å². The summed E-state index contributed by atoms with van der Waals surface area (Å²) in [5.41, 5.74) is 7.23. The summed E-state index contributed by atoms with van der Waals surface area (Å²) in [7, 11) is -3.58. The highest BCUT2D eigenvalue weighted by molar-refractivity contribution is 7.92. The van der Waals surface area contributed by atoms with Crippen molar-refractivity contribution in [2.45, 2.75) is 23.3 Å². The van der Waals surface area contributed by atoms with Gasteiger partial charge in [0.2, 0.25) is 9.84 Å². The van der Waals surface area contributed by atoms with Crippen LogP contribution in [0.5, 0.6) is 0 Å². The lowest BCUT2D eigenvalue weighted by Crippen LogP contribution is -2.12. The zero-order valence-corrected chi connectivity index (χ0v) is 11.8. The van der Waals surface area contributed by atoms with E-state index in [2.05, 4.69) is 5.10 Å². The molecule has 0 amide bonds. The molecule has 1 aliphatic rings. The van der Waals surface area contributed by atoms with E-state index in [0.717, 1.165) is 0 Å². The molecule has 1 aliphatic heterocycles. The SMILES string of the molecule is Cc1nn(CCN)c2c1S(=O)(=O)c1c(Cl)cccc1-2. The molecule has 0 atom stereocenters. The van der Waals surface area contributed by atoms with E-state index in [4.69, 9.17) is 17.3 Å². The van der Waals surface area contributed by atoms with Gasteiger partial charge in [0.15, 0.2) is 0 Å². The number of halogens is 1. The molecule has 0 radical (unpaired) electrons. The second kappa shape index (κ2) is 4.06. The topological polar surface area (TPSA) is 78.0 Å². The van der Waals surface area contributed by atoms with E-state index < -0.39 is 9.84 Å². The Kier molecular flexibility index (Phi) is 2.70. The summed E-state index contributed by atoms with van der Waals surface area (Å²) < 4.78 is 26.8. The van der Waals surface area contributed by atoms with Crippen LogP contribution >= 0.6 is 11.6 Å². The molecule has 0 spiro atoms. The Hall–Kier alpha value is -1.37. The van der Waals surface area contributed by atoms with Crippen molar-refractivity contribution < 1.29 is 8.42 Å². The molecule has 100 valence electrons. The van der Waals surface area contributed by atoms with Crippen molar-refractivity contribution in [1.29, 1.82) is 0 Å². The van der Waals surface area contributed by atoms with E-state index in [-0.39, 0.29) is 14.8 Å². The number of nitrogens with zero attached hydrogens (tertiary/aromatic N) is 2. The Bertz CT molecular complexity index is 781. The van der Waals surface area contributed by atoms with Gasteiger partial charge in [-0.3, -0.25) is 4.68 Å². The molecule has 0 saturated carbocycles. The zero-order valence-electron chi connectivity index (χ0n) is 10.2. The van der Waals surface area contributed by atoms with Gasteiger partial charge >= 0.3 is 0 Å². The average molecular weight is 298 g/mol. The molecule has 2 heterocycles. The molecule has 3 rings (SSSR count). The minimum absolute atomic E-state index is 0.179. The predicted octanol–water partition coefficient (Wildman–Crippen LogP) is 1.62. The first-order chi connectivity index (χ1) is 8.98. The maximum atomic E-state index is 12.6. The minimum Gasteiger partial charge on any atom is -0.329 e. The molecular formula is C12H12ClN3O2S. The van der Waals surface area contributed by atoms with E-state index in [1.54, 1.807) is 29.8 Å². The average Bonchev–Trinajstić information content (AvgIpc) is 2.77. The van der Waals surface area contributed by atoms with Gasteiger partial charge in [-0.15, -0.1) is 0 Å². The quantitative estimate of drug-likeness (QED) is 0.779. The van der Waals surface area contributed by atoms with Gasteiger partial charge in [-0.2, -0.15) is 5.10 Å². The highest BCUT2D eigenvalue weighted by Crippen LogP contribution is 2.47. The van der Waals surface area contributed by atoms with Crippen molar-refractivity contribution in [3.05, 3.63) is 28.9 Å². The van der Waals surface area contributed by atoms with Gasteiger partial charge in [0.25, 0.3) is 0 Å². The third kappa shape index (κ3) is 1.57. The van der Waals surface area contributed by atoms with Crippen LogP contribution in [0.25, 0.3) is 11.3 Å². The van der Waals surface area contributed by atoms with Gasteiger partial charge in [-0.05, 0) is 13.0 Å². The Balaban J connectivity index is 2.44. The highest BCUT2D eigenvalue weighted by Gasteiger charge is 2.40. The first kappa shape index (κ1) is 12.7. The maximum absolute atomic E-state index is 12.6. The third-order valence-corrected chi connectivity index (χ3v) is 5.60. The Morgan fingerprint density at radius 1 is 1.37 bits per heavy atom. The largest absolute Gasteiger partial charge is 0.329 e. The number of aryl methyl sites for hydroxylation is 1. The molecule has 0 saturated heterocycles. The molecule has 1 aromatic heterocycles. The molecular weight excluding hydrogens is 286 g/mol. The summed E-state index contributed by atoms with van der Waals surface area (Å²) in [5.74, 6) is 0. The van der Waals surface area contributed by atoms with Crippen LogP contribution in [0, 0.1) is 6.92 Å². The zero-order chi connectivity index (χ0) is 13.8. The number of fused-ring (bicyclic) bond motifs is 3. The smallest absolute Gasteiger partial charge is 0.212 e. The Labute approximate surface area is 115 Å². The molecule has 0 fully saturated rings. The second-order valence-corrected chi connectivity index (χ2v) is 6.63. The normalized spacial score (nSPS) is 15.3. The summed E-state index contributed by atoms with van der Waals surface area (Å²) in [6, 6.07) is 5.07. The van der Waals surface area contributed by atoms with Gasteiger partial charge in [0, 0.05) is 12.1 Å². The number of benzene rings is 1. The first-order valence-corrected chi connectivity index (χ1v) is 7.66. The summed E-state index contributed by atoms with van der Waals surface area (Å²) in [6.07, 6.45) is 0. The summed E-state index contributed by atoms with van der Waals surface area (Å²) in [6.45, 7) is 2.55. The fraction of sp³-hybridized carbons (Fsp3) is 0.250. The molecule has 5 nitrogen and oxygen atoms in total. The monoisotopic (exact) mass is 297 g/mol. The van der Waals surface area contributed by atoms with E-state index in [1.807, 2.05) is 0 Å². The van der Waals surface area contributed by atoms with Gasteiger partial charge in [0.05, 0.1) is 27.9 Å². The lowest BCUT2D eigenvalue weighted by molar-refractivity contribution is 0.598. The molecule has 19 heavy (non-hydrogen) atoms. The fourth-order valence-corrected chi connectivity index (χ4v) is 4.86. The van der Waals surface area contributed by atoms with Crippen molar-refractivity contribution in [3.8, 4) is 11.3 Å². The van der Waals surface area contributed by atoms with E-state index in [1.165, 1.54) is 0 Å². The lowest BCUT2D eigenvalue weighted by Gasteiger charge is -2.05. The van der Waals surface area contributed by atoms with Crippen LogP contribution in [-0.2, 0) is 16.4 Å². The highest BCUT2D eigenvalue weighted by atomic mass is 35.5. The summed E-state index contributed by atoms with van der Waals surface area (Å²) >= 11 is 6.05. The molecule has 1 aromatic carbocycles. The minimum atomic E-state index is -3.58. The van der Waals surface area contributed by atoms with Crippen LogP contribution in [0.15, 0.2) is 28.0 Å². The molecule has 0 bridgehead atoms. The van der Waals surface area contributed by atoms with Gasteiger partial charge in [-0.25, -0.2) is 8.42 Å². The first-order valence-electron chi connectivity index (χ1n) is 5.80. The third-order valence-electron chi connectivity index (χ3n) is 3.17. The summed E-state index contributed by atoms with van der Waals surface area (Å²) in [4.78, 5) is 0.432. The Morgan fingerprint density at radius 3 is 2.79 bits per heavy atom. The fourth-order valence-electron chi connectivity index (χ4n) is 2.50. The number of sulfone groups is 1. The molecule has 2 N–H and O–H groups in total. The molecule has 0 aliphatic carbocycles. The number of nitrogens with two attached hydrogens (primary N) is 1. The predicted molar refractivity (Wildman–Crippen MR) is 71.9 cm³/mol. The van der Waals surface area contributed by atoms with Crippen molar-refractivity contribution in [2.75, 3.05) is 6.54 Å². The number of hydrogen-bond acceptors (Lipinski definition) is 4. The van der Waals surface area contributed by atoms with E-state index in [0.29, 0.717) is 30.0 Å². The second-order valence-electron chi connectivity index (χ2n) is 4.39. The van der Waals surface area contributed by atoms with Crippen LogP contribution in [0.1, 0.15) is 5.69 Å². The lowest BCUT2D eigenvalue weighted by atomic mass is 10.1. The van der Waals surface area contributed by atoms with Crippen LogP contribution < -0.4 is 5.73 Å². The van der Waals surface area contributed by atoms with Crippen molar-refractivity contribution in [1.82, 2.24) is 9.78 Å². The van der Waals surface area contributed by atoms with Crippen LogP contribution in [-0.4, -0.2) is 24.7 Å². The number of aromatic nitrogens is 2. The van der Waals surface area contributed by atoms with Crippen molar-refractivity contribution in [2.24, 2.45) is 5.73 Å². The summed E-state index contributed by atoms with van der Waals surface area (Å²) in [5, 5.41) is 4.50. The number of hydrogen-bond donors (Lipinski definition) is 1. The Morgan fingerprint density at radius 2 is 2.11 bits per heavy atom. The van der Waals surface area contributed by atoms with Crippen LogP contribution in [0.3, 0.4) is 0 Å².